The zero-order chi connectivity index (χ0) is 12.4. The van der Waals surface area contributed by atoms with Crippen molar-refractivity contribution in [3.63, 3.8) is 0 Å². The maximum atomic E-state index is 11.8. The van der Waals surface area contributed by atoms with Crippen LogP contribution < -0.4 is 5.73 Å². The van der Waals surface area contributed by atoms with Crippen molar-refractivity contribution >= 4 is 9.84 Å². The lowest BCUT2D eigenvalue weighted by Gasteiger charge is -2.18. The molecule has 0 atom stereocenters. The van der Waals surface area contributed by atoms with Crippen LogP contribution in [-0.2, 0) is 22.9 Å². The monoisotopic (exact) mass is 246 g/mol. The minimum Gasteiger partial charge on any atom is -0.325 e. The van der Waals surface area contributed by atoms with Gasteiger partial charge >= 0.3 is 0 Å². The van der Waals surface area contributed by atoms with Crippen molar-refractivity contribution in [3.8, 4) is 0 Å². The van der Waals surface area contributed by atoms with Crippen LogP contribution in [0.3, 0.4) is 0 Å². The normalized spacial score (nSPS) is 13.0. The number of hydrogen-bond donors (Lipinski definition) is 1. The van der Waals surface area contributed by atoms with Crippen molar-refractivity contribution in [2.24, 2.45) is 5.73 Å². The minimum absolute atomic E-state index is 0.0594. The van der Waals surface area contributed by atoms with Gasteiger partial charge in [0, 0.05) is 12.7 Å². The Labute approximate surface area is 95.7 Å². The average molecular weight is 246 g/mol. The summed E-state index contributed by atoms with van der Waals surface area (Å²) < 4.78 is 24.4. The van der Waals surface area contributed by atoms with Crippen molar-refractivity contribution < 1.29 is 8.42 Å². The van der Waals surface area contributed by atoms with Gasteiger partial charge in [0.25, 0.3) is 0 Å². The van der Waals surface area contributed by atoms with Crippen LogP contribution in [0.25, 0.3) is 0 Å². The van der Waals surface area contributed by atoms with Crippen LogP contribution >= 0.6 is 0 Å². The second-order valence-corrected chi connectivity index (χ2v) is 7.47. The number of nitrogens with zero attached hydrogens (tertiary/aromatic N) is 3. The quantitative estimate of drug-likeness (QED) is 0.804. The second kappa shape index (κ2) is 4.50. The van der Waals surface area contributed by atoms with Gasteiger partial charge in [0.05, 0.1) is 22.7 Å². The summed E-state index contributed by atoms with van der Waals surface area (Å²) in [5.74, 6) is 0.0594. The smallest absolute Gasteiger partial charge is 0.157 e. The Hall–Kier alpha value is -0.950. The van der Waals surface area contributed by atoms with Gasteiger partial charge in [-0.05, 0) is 20.8 Å². The third-order valence-corrected chi connectivity index (χ3v) is 4.90. The summed E-state index contributed by atoms with van der Waals surface area (Å²) in [5.41, 5.74) is 6.04. The fourth-order valence-electron chi connectivity index (χ4n) is 1.06. The van der Waals surface area contributed by atoms with Gasteiger partial charge in [0.1, 0.15) is 0 Å². The van der Waals surface area contributed by atoms with Crippen LogP contribution in [0.15, 0.2) is 6.20 Å². The van der Waals surface area contributed by atoms with E-state index in [4.69, 9.17) is 5.73 Å². The van der Waals surface area contributed by atoms with Crippen LogP contribution in [0.1, 0.15) is 26.5 Å². The summed E-state index contributed by atoms with van der Waals surface area (Å²) in [6, 6.07) is 0. The molecule has 16 heavy (non-hydrogen) atoms. The third kappa shape index (κ3) is 3.02. The molecular weight excluding hydrogens is 228 g/mol. The van der Waals surface area contributed by atoms with Crippen LogP contribution in [0.4, 0.5) is 0 Å². The molecule has 1 aromatic heterocycles. The Morgan fingerprint density at radius 1 is 1.44 bits per heavy atom. The van der Waals surface area contributed by atoms with Gasteiger partial charge in [-0.2, -0.15) is 0 Å². The molecular formula is C9H18N4O2S. The average Bonchev–Trinajstić information content (AvgIpc) is 2.60. The molecule has 0 aliphatic heterocycles. The Bertz CT molecular complexity index is 444. The fourth-order valence-corrected chi connectivity index (χ4v) is 2.10. The second-order valence-electron chi connectivity index (χ2n) is 4.61. The summed E-state index contributed by atoms with van der Waals surface area (Å²) in [4.78, 5) is 0. The molecule has 2 N–H and O–H groups in total. The third-order valence-electron chi connectivity index (χ3n) is 2.32. The van der Waals surface area contributed by atoms with E-state index in [1.807, 2.05) is 0 Å². The summed E-state index contributed by atoms with van der Waals surface area (Å²) in [5, 5.41) is 7.59. The van der Waals surface area contributed by atoms with Crippen LogP contribution in [0.5, 0.6) is 0 Å². The maximum absolute atomic E-state index is 11.8. The van der Waals surface area contributed by atoms with Crippen molar-refractivity contribution in [1.82, 2.24) is 15.0 Å². The largest absolute Gasteiger partial charge is 0.325 e. The van der Waals surface area contributed by atoms with Gasteiger partial charge in [-0.1, -0.05) is 5.21 Å². The Morgan fingerprint density at radius 3 is 2.50 bits per heavy atom. The van der Waals surface area contributed by atoms with Crippen molar-refractivity contribution in [3.05, 3.63) is 11.9 Å². The van der Waals surface area contributed by atoms with E-state index in [1.165, 1.54) is 4.68 Å². The van der Waals surface area contributed by atoms with Gasteiger partial charge < -0.3 is 5.73 Å². The van der Waals surface area contributed by atoms with Crippen LogP contribution in [-0.4, -0.2) is 33.9 Å². The summed E-state index contributed by atoms with van der Waals surface area (Å²) in [7, 11) is -3.11. The molecule has 0 aromatic carbocycles. The molecule has 0 spiro atoms. The van der Waals surface area contributed by atoms with Crippen LogP contribution in [0, 0.1) is 0 Å². The van der Waals surface area contributed by atoms with Gasteiger partial charge in [-0.15, -0.1) is 5.10 Å². The Balaban J connectivity index is 2.65. The maximum Gasteiger partial charge on any atom is 0.157 e. The molecule has 6 nitrogen and oxygen atoms in total. The molecule has 92 valence electrons. The first-order chi connectivity index (χ1) is 7.26. The SMILES string of the molecule is CC(C)(C)S(=O)(=O)CCn1cc(CN)nn1. The van der Waals surface area contributed by atoms with E-state index in [0.29, 0.717) is 18.8 Å². The Morgan fingerprint density at radius 2 is 2.06 bits per heavy atom. The molecule has 0 bridgehead atoms. The predicted octanol–water partition coefficient (Wildman–Crippen LogP) is -0.0499. The summed E-state index contributed by atoms with van der Waals surface area (Å²) in [6.45, 7) is 5.69. The molecule has 1 aromatic rings. The molecule has 7 heteroatoms. The number of hydrogen-bond acceptors (Lipinski definition) is 5. The van der Waals surface area contributed by atoms with Gasteiger partial charge in [-0.25, -0.2) is 8.42 Å². The topological polar surface area (TPSA) is 90.9 Å². The van der Waals surface area contributed by atoms with E-state index in [2.05, 4.69) is 10.3 Å². The molecule has 1 heterocycles. The number of sulfone groups is 1. The fraction of sp³-hybridized carbons (Fsp3) is 0.778. The highest BCUT2D eigenvalue weighted by Crippen LogP contribution is 2.15. The lowest BCUT2D eigenvalue weighted by molar-refractivity contribution is 0.545. The molecule has 0 radical (unpaired) electrons. The number of aromatic nitrogens is 3. The van der Waals surface area contributed by atoms with E-state index in [0.717, 1.165) is 0 Å². The van der Waals surface area contributed by atoms with Crippen molar-refractivity contribution in [1.29, 1.82) is 0 Å². The standard InChI is InChI=1S/C9H18N4O2S/c1-9(2,3)16(14,15)5-4-13-7-8(6-10)11-12-13/h7H,4-6,10H2,1-3H3. The van der Waals surface area contributed by atoms with E-state index in [-0.39, 0.29) is 5.75 Å². The molecule has 0 saturated heterocycles. The Kier molecular flexibility index (Phi) is 3.69. The highest BCUT2D eigenvalue weighted by atomic mass is 32.2. The highest BCUT2D eigenvalue weighted by molar-refractivity contribution is 7.92. The summed E-state index contributed by atoms with van der Waals surface area (Å²) >= 11 is 0. The summed E-state index contributed by atoms with van der Waals surface area (Å²) in [6.07, 6.45) is 1.66. The zero-order valence-electron chi connectivity index (χ0n) is 9.84. The first-order valence-corrected chi connectivity index (χ1v) is 6.73. The highest BCUT2D eigenvalue weighted by Gasteiger charge is 2.28. The van der Waals surface area contributed by atoms with Crippen LogP contribution in [0.2, 0.25) is 0 Å². The van der Waals surface area contributed by atoms with E-state index in [9.17, 15) is 8.42 Å². The molecule has 0 saturated carbocycles. The lowest BCUT2D eigenvalue weighted by atomic mass is 10.3. The molecule has 0 aliphatic carbocycles. The van der Waals surface area contributed by atoms with E-state index < -0.39 is 14.6 Å². The van der Waals surface area contributed by atoms with E-state index >= 15 is 0 Å². The molecule has 0 aliphatic rings. The predicted molar refractivity (Wildman–Crippen MR) is 61.5 cm³/mol. The first kappa shape index (κ1) is 13.1. The van der Waals surface area contributed by atoms with Crippen molar-refractivity contribution in [2.45, 2.75) is 38.6 Å². The minimum atomic E-state index is -3.11. The van der Waals surface area contributed by atoms with E-state index in [1.54, 1.807) is 27.0 Å². The molecule has 0 amide bonds. The van der Waals surface area contributed by atoms with Gasteiger partial charge in [0.15, 0.2) is 9.84 Å². The number of aryl methyl sites for hydroxylation is 1. The van der Waals surface area contributed by atoms with Gasteiger partial charge in [-0.3, -0.25) is 4.68 Å². The lowest BCUT2D eigenvalue weighted by Crippen LogP contribution is -2.32. The zero-order valence-corrected chi connectivity index (χ0v) is 10.7. The van der Waals surface area contributed by atoms with Gasteiger partial charge in [0.2, 0.25) is 0 Å². The molecule has 0 fully saturated rings. The molecule has 0 unspecified atom stereocenters. The first-order valence-electron chi connectivity index (χ1n) is 5.07. The number of nitrogens with two attached hydrogens (primary N) is 1. The molecule has 1 rings (SSSR count). The van der Waals surface area contributed by atoms with Crippen molar-refractivity contribution in [2.75, 3.05) is 5.75 Å². The number of rotatable bonds is 4.